The highest BCUT2D eigenvalue weighted by Crippen LogP contribution is 2.25. The van der Waals surface area contributed by atoms with E-state index in [1.807, 2.05) is 27.7 Å². The summed E-state index contributed by atoms with van der Waals surface area (Å²) in [5.41, 5.74) is 0.681. The van der Waals surface area contributed by atoms with Crippen molar-refractivity contribution in [2.24, 2.45) is 10.8 Å². The zero-order valence-electron chi connectivity index (χ0n) is 14.7. The summed E-state index contributed by atoms with van der Waals surface area (Å²) in [5, 5.41) is 20.7. The summed E-state index contributed by atoms with van der Waals surface area (Å²) in [6.07, 6.45) is 0. The van der Waals surface area contributed by atoms with Gasteiger partial charge >= 0.3 is 14.2 Å². The van der Waals surface area contributed by atoms with Crippen molar-refractivity contribution in [2.75, 3.05) is 26.4 Å². The van der Waals surface area contributed by atoms with Crippen molar-refractivity contribution in [3.63, 3.8) is 0 Å². The molecule has 0 spiro atoms. The van der Waals surface area contributed by atoms with Crippen LogP contribution >= 0.6 is 0 Å². The van der Waals surface area contributed by atoms with E-state index in [9.17, 15) is 10.2 Å². The molecule has 0 saturated carbocycles. The first-order chi connectivity index (χ1) is 11.2. The molecule has 2 saturated heterocycles. The molecule has 3 rings (SSSR count). The van der Waals surface area contributed by atoms with Crippen LogP contribution < -0.4 is 10.9 Å². The molecule has 0 bridgehead atoms. The first-order valence-electron chi connectivity index (χ1n) is 8.19. The van der Waals surface area contributed by atoms with Gasteiger partial charge in [0.25, 0.3) is 0 Å². The Bertz CT molecular complexity index is 545. The molecule has 24 heavy (non-hydrogen) atoms. The molecule has 2 heterocycles. The summed E-state index contributed by atoms with van der Waals surface area (Å²) in [4.78, 5) is 0. The summed E-state index contributed by atoms with van der Waals surface area (Å²) >= 11 is 0. The van der Waals surface area contributed by atoms with Gasteiger partial charge in [0.05, 0.1) is 0 Å². The zero-order chi connectivity index (χ0) is 17.5. The van der Waals surface area contributed by atoms with Crippen LogP contribution in [0, 0.1) is 10.8 Å². The standard InChI is InChI=1S/C16H24B2O6/c1-15(2)7-21-17(22-8-15)11-5-14(20)12(6-13(11)19)18-23-9-16(3,4)10-24-18/h5-6,19-20H,7-10H2,1-4H3. The molecule has 0 amide bonds. The molecule has 1 aromatic carbocycles. The Hall–Kier alpha value is -1.21. The van der Waals surface area contributed by atoms with Crippen LogP contribution in [0.5, 0.6) is 11.5 Å². The van der Waals surface area contributed by atoms with Gasteiger partial charge in [-0.1, -0.05) is 27.7 Å². The lowest BCUT2D eigenvalue weighted by molar-refractivity contribution is 0.0337. The van der Waals surface area contributed by atoms with E-state index in [-0.39, 0.29) is 22.3 Å². The van der Waals surface area contributed by atoms with E-state index in [1.54, 1.807) is 0 Å². The van der Waals surface area contributed by atoms with Crippen molar-refractivity contribution < 1.29 is 28.8 Å². The molecule has 130 valence electrons. The minimum absolute atomic E-state index is 0.00969. The summed E-state index contributed by atoms with van der Waals surface area (Å²) < 4.78 is 22.7. The highest BCUT2D eigenvalue weighted by Gasteiger charge is 2.38. The van der Waals surface area contributed by atoms with Crippen LogP contribution in [0.3, 0.4) is 0 Å². The number of phenols is 2. The second kappa shape index (κ2) is 6.26. The highest BCUT2D eigenvalue weighted by molar-refractivity contribution is 6.65. The van der Waals surface area contributed by atoms with Crippen molar-refractivity contribution in [3.8, 4) is 11.5 Å². The van der Waals surface area contributed by atoms with Gasteiger partial charge in [-0.2, -0.15) is 0 Å². The molecule has 2 N–H and O–H groups in total. The molecule has 2 aliphatic rings. The van der Waals surface area contributed by atoms with Crippen LogP contribution in [0.4, 0.5) is 0 Å². The van der Waals surface area contributed by atoms with E-state index in [4.69, 9.17) is 18.6 Å². The van der Waals surface area contributed by atoms with Crippen molar-refractivity contribution in [3.05, 3.63) is 12.1 Å². The molecule has 0 atom stereocenters. The van der Waals surface area contributed by atoms with Gasteiger partial charge in [0.1, 0.15) is 11.5 Å². The van der Waals surface area contributed by atoms with Crippen molar-refractivity contribution in [1.82, 2.24) is 0 Å². The van der Waals surface area contributed by atoms with Crippen molar-refractivity contribution in [2.45, 2.75) is 27.7 Å². The van der Waals surface area contributed by atoms with Gasteiger partial charge in [-0.05, 0) is 12.1 Å². The molecule has 6 nitrogen and oxygen atoms in total. The van der Waals surface area contributed by atoms with Crippen molar-refractivity contribution >= 4 is 25.2 Å². The topological polar surface area (TPSA) is 77.4 Å². The summed E-state index contributed by atoms with van der Waals surface area (Å²) in [6, 6.07) is 2.92. The fourth-order valence-corrected chi connectivity index (χ4v) is 2.73. The lowest BCUT2D eigenvalue weighted by Gasteiger charge is -2.34. The molecule has 0 unspecified atom stereocenters. The number of hydrogen-bond donors (Lipinski definition) is 2. The average molecular weight is 334 g/mol. The Morgan fingerprint density at radius 2 is 1.00 bits per heavy atom. The van der Waals surface area contributed by atoms with Gasteiger partial charge in [-0.15, -0.1) is 0 Å². The van der Waals surface area contributed by atoms with Crippen LogP contribution in [-0.4, -0.2) is 50.9 Å². The Kier molecular flexibility index (Phi) is 4.59. The van der Waals surface area contributed by atoms with E-state index in [2.05, 4.69) is 0 Å². The third-order valence-corrected chi connectivity index (χ3v) is 4.19. The molecule has 0 aliphatic carbocycles. The highest BCUT2D eigenvalue weighted by atomic mass is 16.6. The van der Waals surface area contributed by atoms with Crippen LogP contribution in [0.25, 0.3) is 0 Å². The predicted molar refractivity (Wildman–Crippen MR) is 91.9 cm³/mol. The first-order valence-corrected chi connectivity index (χ1v) is 8.19. The molecule has 8 heteroatoms. The summed E-state index contributed by atoms with van der Waals surface area (Å²) in [6.45, 7) is 10.2. The smallest absolute Gasteiger partial charge is 0.497 e. The van der Waals surface area contributed by atoms with Crippen LogP contribution in [0.15, 0.2) is 12.1 Å². The minimum Gasteiger partial charge on any atom is -0.508 e. The molecule has 2 fully saturated rings. The predicted octanol–water partition coefficient (Wildman–Crippen LogP) is 0.634. The Balaban J connectivity index is 1.77. The Morgan fingerprint density at radius 3 is 1.29 bits per heavy atom. The minimum atomic E-state index is -0.690. The Morgan fingerprint density at radius 1 is 0.708 bits per heavy atom. The van der Waals surface area contributed by atoms with E-state index in [0.717, 1.165) is 0 Å². The average Bonchev–Trinajstić information content (AvgIpc) is 2.50. The molecular weight excluding hydrogens is 310 g/mol. The second-order valence-electron chi connectivity index (χ2n) is 8.21. The van der Waals surface area contributed by atoms with Gasteiger partial charge in [0.15, 0.2) is 0 Å². The molecule has 2 aliphatic heterocycles. The maximum atomic E-state index is 10.3. The molecule has 1 aromatic rings. The third-order valence-electron chi connectivity index (χ3n) is 4.19. The SMILES string of the molecule is CC1(C)COB(c2cc(O)c(B3OCC(C)(C)CO3)cc2O)OC1. The normalized spacial score (nSPS) is 23.3. The van der Waals surface area contributed by atoms with Crippen LogP contribution in [0.1, 0.15) is 27.7 Å². The third kappa shape index (κ3) is 3.72. The summed E-state index contributed by atoms with van der Waals surface area (Å²) in [7, 11) is -1.38. The van der Waals surface area contributed by atoms with Gasteiger partial charge in [0.2, 0.25) is 0 Å². The van der Waals surface area contributed by atoms with Crippen molar-refractivity contribution in [1.29, 1.82) is 0 Å². The van der Waals surface area contributed by atoms with Gasteiger partial charge in [0, 0.05) is 48.2 Å². The van der Waals surface area contributed by atoms with E-state index in [0.29, 0.717) is 37.4 Å². The lowest BCUT2D eigenvalue weighted by atomic mass is 9.70. The van der Waals surface area contributed by atoms with Gasteiger partial charge in [-0.3, -0.25) is 0 Å². The van der Waals surface area contributed by atoms with Crippen LogP contribution in [0.2, 0.25) is 0 Å². The first kappa shape index (κ1) is 17.6. The molecule has 0 aromatic heterocycles. The monoisotopic (exact) mass is 334 g/mol. The van der Waals surface area contributed by atoms with Crippen LogP contribution in [-0.2, 0) is 18.6 Å². The number of benzene rings is 1. The quantitative estimate of drug-likeness (QED) is 0.611. The maximum Gasteiger partial charge on any atom is 0.497 e. The fraction of sp³-hybridized carbons (Fsp3) is 0.625. The fourth-order valence-electron chi connectivity index (χ4n) is 2.73. The van der Waals surface area contributed by atoms with Gasteiger partial charge < -0.3 is 28.8 Å². The molecule has 0 radical (unpaired) electrons. The van der Waals surface area contributed by atoms with E-state index in [1.165, 1.54) is 12.1 Å². The lowest BCUT2D eigenvalue weighted by Crippen LogP contribution is -2.49. The molecular formula is C16H24B2O6. The largest absolute Gasteiger partial charge is 0.508 e. The maximum absolute atomic E-state index is 10.3. The van der Waals surface area contributed by atoms with Gasteiger partial charge in [-0.25, -0.2) is 0 Å². The number of rotatable bonds is 2. The number of aromatic hydroxyl groups is 2. The summed E-state index contributed by atoms with van der Waals surface area (Å²) in [5.74, 6) is -0.0194. The second-order valence-corrected chi connectivity index (χ2v) is 8.21. The number of hydrogen-bond acceptors (Lipinski definition) is 6. The number of phenolic OH excluding ortho intramolecular Hbond substituents is 2. The van der Waals surface area contributed by atoms with E-state index < -0.39 is 14.2 Å². The van der Waals surface area contributed by atoms with E-state index >= 15 is 0 Å². The Labute approximate surface area is 143 Å². The zero-order valence-corrected chi connectivity index (χ0v) is 14.7.